The molecule has 0 bridgehead atoms. The highest BCUT2D eigenvalue weighted by atomic mass is 79.9. The molecule has 9 aromatic rings. The Balaban J connectivity index is 0.000000281. The molecule has 9 rings (SSSR count). The Labute approximate surface area is 537 Å². The second-order valence-corrected chi connectivity index (χ2v) is 23.5. The summed E-state index contributed by atoms with van der Waals surface area (Å²) >= 11 is 13.1. The minimum absolute atomic E-state index is 0.122. The first-order valence-electron chi connectivity index (χ1n) is 27.2. The summed E-state index contributed by atoms with van der Waals surface area (Å²) in [7, 11) is 10.0. The maximum atomic E-state index is 10.7. The Bertz CT molecular complexity index is 3250. The molecule has 22 heteroatoms. The molecular formula is C64H75B2BrClN6O7P2S3+3. The summed E-state index contributed by atoms with van der Waals surface area (Å²) in [5.74, 6) is 0. The van der Waals surface area contributed by atoms with E-state index < -0.39 is 9.05 Å². The van der Waals surface area contributed by atoms with Crippen molar-refractivity contribution in [3.8, 4) is 33.4 Å². The normalized spacial score (nSPS) is 10.2. The lowest BCUT2D eigenvalue weighted by molar-refractivity contribution is -0.698. The van der Waals surface area contributed by atoms with Gasteiger partial charge in [0.1, 0.15) is 13.2 Å². The lowest BCUT2D eigenvalue weighted by atomic mass is 9.93. The van der Waals surface area contributed by atoms with E-state index in [-0.39, 0.29) is 11.5 Å². The van der Waals surface area contributed by atoms with E-state index >= 15 is 0 Å². The highest BCUT2D eigenvalue weighted by Crippen LogP contribution is 2.18. The fraction of sp³-hybridized carbons (Fsp3) is 0.250. The summed E-state index contributed by atoms with van der Waals surface area (Å²) in [6.45, 7) is 13.5. The number of aliphatic hydroxyl groups is 1. The maximum Gasteiger partial charge on any atom is 0.261 e. The van der Waals surface area contributed by atoms with Crippen LogP contribution in [0.15, 0.2) is 225 Å². The highest BCUT2D eigenvalue weighted by molar-refractivity contribution is 9.08. The number of halogens is 2. The molecule has 0 aliphatic heterocycles. The average molecular weight is 1340 g/mol. The second-order valence-electron chi connectivity index (χ2n) is 18.1. The number of pyridine rings is 6. The summed E-state index contributed by atoms with van der Waals surface area (Å²) in [5.41, 5.74) is 13.1. The highest BCUT2D eigenvalue weighted by Gasteiger charge is 2.09. The lowest BCUT2D eigenvalue weighted by Gasteiger charge is -2.02. The zero-order valence-electron chi connectivity index (χ0n) is 49.5. The number of aryl methyl sites for hydroxylation is 1. The third kappa shape index (κ3) is 32.3. The van der Waals surface area contributed by atoms with E-state index in [0.29, 0.717) is 6.61 Å². The molecule has 0 saturated heterocycles. The zero-order chi connectivity index (χ0) is 62.5. The van der Waals surface area contributed by atoms with Crippen LogP contribution in [0, 0.1) is 6.92 Å². The Morgan fingerprint density at radius 1 is 0.500 bits per heavy atom. The van der Waals surface area contributed by atoms with Gasteiger partial charge in [-0.25, -0.2) is 22.1 Å². The van der Waals surface area contributed by atoms with E-state index in [9.17, 15) is 8.42 Å². The van der Waals surface area contributed by atoms with E-state index in [1.165, 1.54) is 67.6 Å². The van der Waals surface area contributed by atoms with Gasteiger partial charge in [0.05, 0.1) is 18.1 Å². The summed E-state index contributed by atoms with van der Waals surface area (Å²) in [5, 5.41) is 8.86. The standard InChI is InChI=1S/C20H21BN2OPS.C13H15N2O.C10H8N2.C7H6BBrPS.C7H7ClO2S.C4H10O.C3H8O2/c1-24-15-14-22-10-6-18(7-11-22)19-8-12-23(13-9-19)16-17-2-4-20(5-3-17)21-25-26;1-16-11-10-15-8-4-13(5-9-15)12-2-6-14-7-3-12;1-5-11-6-2-9(1)10-3-7-12-8-4-10;9-5-6-1-3-7(4-2-6)8-10-11;1-6-2-4-7(5-3-6)11(8,9)10;1-3-4-5-2;1-5-3-2-4/h2-13H,14-16H2,1H3;2-9H,10-11H2,1H3;1-8H;1-4H,5H2;2-5H,1H3;3-4H2,1-2H3;4H,2-3H2,1H3/q+2;+1;;;;;. The number of benzene rings is 3. The van der Waals surface area contributed by atoms with E-state index in [1.807, 2.05) is 57.3 Å². The van der Waals surface area contributed by atoms with Gasteiger partial charge in [-0.2, -0.15) is 0 Å². The van der Waals surface area contributed by atoms with Crippen molar-refractivity contribution in [1.82, 2.24) is 15.0 Å². The van der Waals surface area contributed by atoms with Gasteiger partial charge in [-0.15, -0.1) is 0 Å². The van der Waals surface area contributed by atoms with Gasteiger partial charge >= 0.3 is 0 Å². The molecule has 6 aromatic heterocycles. The van der Waals surface area contributed by atoms with Gasteiger partial charge in [0.2, 0.25) is 14.0 Å². The predicted molar refractivity (Wildman–Crippen MR) is 363 cm³/mol. The first-order valence-corrected chi connectivity index (χ1v) is 34.5. The van der Waals surface area contributed by atoms with Gasteiger partial charge in [0.15, 0.2) is 56.8 Å². The fourth-order valence-electron chi connectivity index (χ4n) is 7.11. The minimum atomic E-state index is -3.55. The van der Waals surface area contributed by atoms with Crippen LogP contribution in [0.1, 0.15) is 30.0 Å². The molecule has 86 heavy (non-hydrogen) atoms. The Kier molecular flexibility index (Phi) is 40.2. The SMILES string of the molecule is CCCOC.COCCO.COCC[n+]1ccc(-c2cc[n+](Cc3ccc([B]P=S)cc3)cc2)cc1.COCC[n+]1ccc(-c2ccncc2)cc1.Cc1ccc(S(=O)(=O)Cl)cc1.S=P[B]c1ccc(CBr)cc1.c1cc(-c2ccncc2)ccn1. The largest absolute Gasteiger partial charge is 0.394 e. The van der Waals surface area contributed by atoms with Crippen LogP contribution in [-0.4, -0.2) is 104 Å². The quantitative estimate of drug-likeness (QED) is 0.0241. The van der Waals surface area contributed by atoms with E-state index in [0.717, 1.165) is 71.2 Å². The van der Waals surface area contributed by atoms with Crippen LogP contribution in [0.25, 0.3) is 33.4 Å². The third-order valence-electron chi connectivity index (χ3n) is 11.7. The Hall–Kier alpha value is -5.75. The number of rotatable bonds is 21. The predicted octanol–water partition coefficient (Wildman–Crippen LogP) is 10.9. The molecule has 0 saturated carbocycles. The van der Waals surface area contributed by atoms with Crippen molar-refractivity contribution < 1.29 is 46.2 Å². The maximum absolute atomic E-state index is 10.7. The van der Waals surface area contributed by atoms with Gasteiger partial charge in [-0.05, 0) is 101 Å². The number of ether oxygens (including phenoxy) is 4. The summed E-state index contributed by atoms with van der Waals surface area (Å²) in [6.07, 6.45) is 24.5. The van der Waals surface area contributed by atoms with Crippen LogP contribution < -0.4 is 24.6 Å². The molecule has 6 heterocycles. The summed E-state index contributed by atoms with van der Waals surface area (Å²) in [4.78, 5) is 12.1. The van der Waals surface area contributed by atoms with Crippen molar-refractivity contribution >= 4 is 98.7 Å². The number of alkyl halides is 1. The first kappa shape index (κ1) is 74.5. The molecule has 0 aliphatic carbocycles. The van der Waals surface area contributed by atoms with Gasteiger partial charge in [-0.1, -0.05) is 138 Å². The number of aromatic nitrogens is 6. The van der Waals surface area contributed by atoms with Crippen LogP contribution >= 0.6 is 41.1 Å². The zero-order valence-corrected chi connectivity index (χ0v) is 56.0. The van der Waals surface area contributed by atoms with Crippen molar-refractivity contribution in [2.75, 3.05) is 61.5 Å². The van der Waals surface area contributed by atoms with Crippen molar-refractivity contribution in [2.45, 2.75) is 50.1 Å². The number of nitrogens with zero attached hydrogens (tertiary/aromatic N) is 6. The van der Waals surface area contributed by atoms with Crippen LogP contribution in [-0.2, 0) is 76.6 Å². The van der Waals surface area contributed by atoms with E-state index in [2.05, 4.69) is 178 Å². The molecule has 448 valence electrons. The van der Waals surface area contributed by atoms with Crippen molar-refractivity contribution in [3.63, 3.8) is 0 Å². The fourth-order valence-corrected chi connectivity index (χ4v) is 9.57. The molecular weight excluding hydrogens is 1260 g/mol. The average Bonchev–Trinajstić information content (AvgIpc) is 3.74. The number of aliphatic hydroxyl groups excluding tert-OH is 1. The number of hydrogen-bond donors (Lipinski definition) is 1. The smallest absolute Gasteiger partial charge is 0.261 e. The molecule has 3 aromatic carbocycles. The Morgan fingerprint density at radius 3 is 1.12 bits per heavy atom. The van der Waals surface area contributed by atoms with Crippen molar-refractivity contribution in [3.05, 3.63) is 237 Å². The molecule has 2 radical (unpaired) electrons. The van der Waals surface area contributed by atoms with Gasteiger partial charge in [0.25, 0.3) is 9.05 Å². The van der Waals surface area contributed by atoms with Gasteiger partial charge in [-0.3, -0.25) is 15.0 Å². The third-order valence-corrected chi connectivity index (χ3v) is 15.2. The van der Waals surface area contributed by atoms with Crippen molar-refractivity contribution in [2.24, 2.45) is 0 Å². The molecule has 0 unspecified atom stereocenters. The lowest BCUT2D eigenvalue weighted by Crippen LogP contribution is -2.34. The summed E-state index contributed by atoms with van der Waals surface area (Å²) < 4.78 is 47.1. The molecule has 0 amide bonds. The summed E-state index contributed by atoms with van der Waals surface area (Å²) in [6, 6.07) is 48.0. The first-order chi connectivity index (χ1) is 41.8. The van der Waals surface area contributed by atoms with E-state index in [4.69, 9.17) is 53.6 Å². The molecule has 0 aliphatic rings. The van der Waals surface area contributed by atoms with E-state index in [1.54, 1.807) is 77.8 Å². The molecule has 1 N–H and O–H groups in total. The number of methoxy groups -OCH3 is 4. The van der Waals surface area contributed by atoms with Crippen LogP contribution in [0.3, 0.4) is 0 Å². The number of hydrogen-bond acceptors (Lipinski definition) is 12. The monoisotopic (exact) mass is 1330 g/mol. The van der Waals surface area contributed by atoms with Crippen LogP contribution in [0.2, 0.25) is 0 Å². The minimum Gasteiger partial charge on any atom is -0.394 e. The van der Waals surface area contributed by atoms with Gasteiger partial charge in [0, 0.05) is 130 Å². The molecule has 0 atom stereocenters. The van der Waals surface area contributed by atoms with Crippen LogP contribution in [0.4, 0.5) is 0 Å². The van der Waals surface area contributed by atoms with Gasteiger partial charge < -0.3 is 24.1 Å². The topological polar surface area (TPSA) is 142 Å². The Morgan fingerprint density at radius 2 is 0.837 bits per heavy atom. The molecule has 13 nitrogen and oxygen atoms in total. The molecule has 0 fully saturated rings. The van der Waals surface area contributed by atoms with Crippen molar-refractivity contribution in [1.29, 1.82) is 0 Å². The second kappa shape index (κ2) is 46.4. The molecule has 0 spiro atoms. The van der Waals surface area contributed by atoms with Crippen LogP contribution in [0.5, 0.6) is 0 Å².